The number of hydrogen-bond donors (Lipinski definition) is 6. The number of nitrogens with zero attached hydrogens (tertiary/aromatic N) is 5. The van der Waals surface area contributed by atoms with Gasteiger partial charge in [0.2, 0.25) is 11.5 Å². The lowest BCUT2D eigenvalue weighted by atomic mass is 9.77. The number of aliphatic hydroxyl groups excluding tert-OH is 3. The maximum atomic E-state index is 16.5. The molecule has 0 bridgehead atoms. The van der Waals surface area contributed by atoms with E-state index in [1.54, 1.807) is 6.07 Å². The Morgan fingerprint density at radius 2 is 1.79 bits per heavy atom. The number of carbonyl (C=O) groups excluding carboxylic acids is 1. The lowest BCUT2D eigenvalue weighted by Gasteiger charge is -2.40. The number of hydrogen-bond acceptors (Lipinski definition) is 12. The highest BCUT2D eigenvalue weighted by Crippen LogP contribution is 2.55. The summed E-state index contributed by atoms with van der Waals surface area (Å²) in [6.07, 6.45) is 13.7. The third-order valence-electron chi connectivity index (χ3n) is 16.8. The van der Waals surface area contributed by atoms with Crippen molar-refractivity contribution in [1.29, 1.82) is 0 Å². The number of fused-ring (bicyclic) bond motifs is 2. The van der Waals surface area contributed by atoms with Gasteiger partial charge in [-0.3, -0.25) is 9.48 Å². The Bertz CT molecular complexity index is 2840. The van der Waals surface area contributed by atoms with Crippen molar-refractivity contribution in [3.63, 3.8) is 0 Å². The fourth-order valence-electron chi connectivity index (χ4n) is 12.8. The minimum atomic E-state index is -1.36. The van der Waals surface area contributed by atoms with Crippen LogP contribution in [0.1, 0.15) is 104 Å². The Morgan fingerprint density at radius 3 is 2.52 bits per heavy atom. The van der Waals surface area contributed by atoms with E-state index >= 15 is 8.78 Å². The van der Waals surface area contributed by atoms with E-state index in [4.69, 9.17) is 20.3 Å². The molecule has 14 nitrogen and oxygen atoms in total. The number of nitrogens with one attached hydrogen (secondary N) is 2. The molecule has 0 spiro atoms. The molecule has 4 aromatic rings. The van der Waals surface area contributed by atoms with Crippen molar-refractivity contribution in [3.05, 3.63) is 93.0 Å². The van der Waals surface area contributed by atoms with Crippen molar-refractivity contribution >= 4 is 23.9 Å². The molecule has 3 unspecified atom stereocenters. The second kappa shape index (κ2) is 21.6. The topological polar surface area (TPSA) is 174 Å². The zero-order chi connectivity index (χ0) is 51.0. The first-order valence-electron chi connectivity index (χ1n) is 26.4. The van der Waals surface area contributed by atoms with Crippen LogP contribution in [-0.2, 0) is 12.6 Å². The van der Waals surface area contributed by atoms with Crippen LogP contribution in [0.4, 0.5) is 14.6 Å². The third-order valence-corrected chi connectivity index (χ3v) is 16.8. The zero-order valence-corrected chi connectivity index (χ0v) is 42.3. The number of primary amides is 1. The maximum Gasteiger partial charge on any atom is 0.249 e. The number of halogens is 2. The highest BCUT2D eigenvalue weighted by molar-refractivity contribution is 6.01. The molecular weight excluding hydrogens is 931 g/mol. The number of aromatic nitrogens is 2. The molecule has 1 amide bonds. The fourth-order valence-corrected chi connectivity index (χ4v) is 12.8. The van der Waals surface area contributed by atoms with Crippen molar-refractivity contribution in [2.45, 2.75) is 108 Å². The van der Waals surface area contributed by atoms with Gasteiger partial charge in [-0.1, -0.05) is 43.7 Å². The Labute approximate surface area is 427 Å². The normalized spacial score (nSPS) is 26.8. The molecule has 73 heavy (non-hydrogen) atoms. The number of likely N-dealkylation sites (tertiary alicyclic amines) is 2. The molecule has 3 saturated heterocycles. The van der Waals surface area contributed by atoms with Gasteiger partial charge in [0.1, 0.15) is 24.4 Å². The molecule has 3 aromatic carbocycles. The van der Waals surface area contributed by atoms with E-state index in [0.29, 0.717) is 47.8 Å². The number of ether oxygens (including phenoxy) is 2. The highest BCUT2D eigenvalue weighted by Gasteiger charge is 2.50. The van der Waals surface area contributed by atoms with Crippen molar-refractivity contribution in [1.82, 2.24) is 30.2 Å². The van der Waals surface area contributed by atoms with Gasteiger partial charge in [0.05, 0.1) is 23.1 Å². The number of nitrogens with two attached hydrogens (primary N) is 1. The fraction of sp³-hybridized carbons (Fsp3) is 0.544. The molecule has 5 heterocycles. The summed E-state index contributed by atoms with van der Waals surface area (Å²) in [6.45, 7) is 10.2. The average molecular weight is 1000 g/mol. The van der Waals surface area contributed by atoms with E-state index in [9.17, 15) is 20.1 Å². The minimum Gasteiger partial charge on any atom is -0.488 e. The summed E-state index contributed by atoms with van der Waals surface area (Å²) in [6, 6.07) is 19.0. The van der Waals surface area contributed by atoms with Crippen molar-refractivity contribution < 1.29 is 38.4 Å². The first-order valence-corrected chi connectivity index (χ1v) is 26.4. The van der Waals surface area contributed by atoms with E-state index in [2.05, 4.69) is 56.7 Å². The summed E-state index contributed by atoms with van der Waals surface area (Å²) < 4.78 is 46.6. The predicted molar refractivity (Wildman–Crippen MR) is 274 cm³/mol. The molecule has 2 aliphatic carbocycles. The van der Waals surface area contributed by atoms with Crippen LogP contribution in [-0.4, -0.2) is 118 Å². The lowest BCUT2D eigenvalue weighted by molar-refractivity contribution is 0.0129. The predicted octanol–water partition coefficient (Wildman–Crippen LogP) is 4.34. The van der Waals surface area contributed by atoms with E-state index in [-0.39, 0.29) is 53.0 Å². The number of amides is 1. The van der Waals surface area contributed by atoms with Crippen LogP contribution < -0.4 is 41.3 Å². The quantitative estimate of drug-likeness (QED) is 0.0829. The SMILES string of the molecule is Cc1c(F)cc2c(c1-c1c(C(N)=O)ccc(OCCO)c1F)[C@H](C)[C@@](C#CN[C@H]1CCC[C@H](CN3CCC(CN4CCC(C5C=c6c(c(N7CCC(O)NC7O)nn6C)=CC5)CC4)CC3)C1)(c1c#cccc1)O2. The van der Waals surface area contributed by atoms with Gasteiger partial charge in [0.15, 0.2) is 23.7 Å². The van der Waals surface area contributed by atoms with E-state index in [1.165, 1.54) is 63.8 Å². The molecule has 4 fully saturated rings. The summed E-state index contributed by atoms with van der Waals surface area (Å²) in [5.41, 5.74) is 5.41. The number of anilines is 1. The Morgan fingerprint density at radius 1 is 1.03 bits per heavy atom. The first-order chi connectivity index (χ1) is 35.3. The summed E-state index contributed by atoms with van der Waals surface area (Å²) in [4.78, 5) is 20.0. The molecule has 6 aliphatic rings. The molecule has 388 valence electrons. The molecular formula is C57H70F2N8O6. The molecule has 0 radical (unpaired) electrons. The van der Waals surface area contributed by atoms with Crippen molar-refractivity contribution in [2.75, 3.05) is 63.9 Å². The van der Waals surface area contributed by atoms with E-state index in [0.717, 1.165) is 74.8 Å². The van der Waals surface area contributed by atoms with E-state index in [1.807, 2.05) is 35.7 Å². The Hall–Kier alpha value is -5.72. The van der Waals surface area contributed by atoms with Gasteiger partial charge >= 0.3 is 0 Å². The monoisotopic (exact) mass is 1000 g/mol. The molecule has 7 atom stereocenters. The van der Waals surface area contributed by atoms with Gasteiger partial charge in [0, 0.05) is 73.5 Å². The van der Waals surface area contributed by atoms with Crippen LogP contribution in [0.2, 0.25) is 0 Å². The molecule has 16 heteroatoms. The lowest BCUT2D eigenvalue weighted by Crippen LogP contribution is -2.57. The molecule has 7 N–H and O–H groups in total. The highest BCUT2D eigenvalue weighted by atomic mass is 19.1. The molecule has 1 saturated carbocycles. The Kier molecular flexibility index (Phi) is 15.0. The second-order valence-electron chi connectivity index (χ2n) is 21.3. The molecule has 4 aliphatic heterocycles. The van der Waals surface area contributed by atoms with Gasteiger partial charge < -0.3 is 50.5 Å². The summed E-state index contributed by atoms with van der Waals surface area (Å²) in [5, 5.41) is 43.3. The van der Waals surface area contributed by atoms with Gasteiger partial charge in [-0.05, 0) is 149 Å². The van der Waals surface area contributed by atoms with Crippen LogP contribution in [0.15, 0.2) is 36.4 Å². The number of piperidine rings is 2. The molecule has 10 rings (SSSR count). The number of benzene rings is 2. The van der Waals surface area contributed by atoms with Crippen LogP contribution in [0.3, 0.4) is 0 Å². The largest absolute Gasteiger partial charge is 0.488 e. The van der Waals surface area contributed by atoms with Crippen LogP contribution in [0.5, 0.6) is 11.5 Å². The van der Waals surface area contributed by atoms with Crippen LogP contribution >= 0.6 is 0 Å². The van der Waals surface area contributed by atoms with Gasteiger partial charge in [-0.2, -0.15) is 5.10 Å². The van der Waals surface area contributed by atoms with Gasteiger partial charge in [-0.25, -0.2) is 14.1 Å². The standard InChI is InChI=1S/C57H70F2N8O6/c1-35-45(58)32-48-51(50(35)52-44(54(60)70)14-15-47(53(52)59)72-29-28-68)36(2)57(73-48,41-9-5-4-6-10-41)21-22-61-42-11-7-8-38(30-42)34-65-23-16-37(17-24-65)33-66-25-18-39(19-26-66)40-12-13-43-46(31-40)64(3)63-55(43)67-27-20-49(69)62-56(67)71/h4-5,9,13-15,31-32,36-40,42,49,56,61-62,68-69,71H,7-8,11-12,16-20,23-30,33-34H2,1-3H3,(H2,60,70)/t36-,38-,40?,42-,49?,56?,57-/m0/s1. The van der Waals surface area contributed by atoms with Gasteiger partial charge in [0.25, 0.3) is 0 Å². The first kappa shape index (κ1) is 50.8. The van der Waals surface area contributed by atoms with Crippen LogP contribution in [0.25, 0.3) is 23.3 Å². The third kappa shape index (κ3) is 10.3. The number of aliphatic hydroxyl groups is 3. The molecule has 1 aromatic heterocycles. The maximum absolute atomic E-state index is 16.5. The zero-order valence-electron chi connectivity index (χ0n) is 42.3. The smallest absolute Gasteiger partial charge is 0.249 e. The summed E-state index contributed by atoms with van der Waals surface area (Å²) in [7, 11) is 1.98. The van der Waals surface area contributed by atoms with Crippen LogP contribution in [0, 0.1) is 66.3 Å². The number of carbonyl (C=O) groups is 1. The summed E-state index contributed by atoms with van der Waals surface area (Å²) >= 11 is 0. The second-order valence-corrected chi connectivity index (χ2v) is 21.3. The summed E-state index contributed by atoms with van der Waals surface area (Å²) in [5.74, 6) is 3.50. The average Bonchev–Trinajstić information content (AvgIpc) is 3.87. The number of rotatable bonds is 13. The minimum absolute atomic E-state index is 0.112. The van der Waals surface area contributed by atoms with Crippen molar-refractivity contribution in [2.24, 2.45) is 36.5 Å². The Balaban J connectivity index is 0.743. The van der Waals surface area contributed by atoms with Gasteiger partial charge in [-0.15, -0.1) is 0 Å². The number of aryl methyl sites for hydroxylation is 1. The van der Waals surface area contributed by atoms with E-state index < -0.39 is 41.6 Å². The van der Waals surface area contributed by atoms with Crippen molar-refractivity contribution in [3.8, 4) is 34.6 Å².